The predicted molar refractivity (Wildman–Crippen MR) is 80.9 cm³/mol. The summed E-state index contributed by atoms with van der Waals surface area (Å²) in [7, 11) is 0. The van der Waals surface area contributed by atoms with Crippen molar-refractivity contribution in [2.75, 3.05) is 32.7 Å². The number of likely N-dealkylation sites (tertiary alicyclic amines) is 1. The summed E-state index contributed by atoms with van der Waals surface area (Å²) < 4.78 is 0. The second-order valence-corrected chi connectivity index (χ2v) is 5.62. The molecule has 20 heavy (non-hydrogen) atoms. The van der Waals surface area contributed by atoms with Gasteiger partial charge in [0.05, 0.1) is 5.92 Å². The first kappa shape index (κ1) is 17.2. The minimum Gasteiger partial charge on any atom is -0.342 e. The van der Waals surface area contributed by atoms with E-state index in [2.05, 4.69) is 12.2 Å². The fraction of sp³-hybridized carbons (Fsp3) is 0.857. The molecule has 116 valence electrons. The fourth-order valence-corrected chi connectivity index (χ4v) is 3.03. The summed E-state index contributed by atoms with van der Waals surface area (Å²) in [5.74, 6) is 0.415. The molecule has 2 heterocycles. The second-order valence-electron chi connectivity index (χ2n) is 5.62. The Hall–Kier alpha value is -0.810. The number of carbonyl (C=O) groups excluding carboxylic acids is 2. The minimum absolute atomic E-state index is 0. The number of hydrogen-bond acceptors (Lipinski definition) is 3. The van der Waals surface area contributed by atoms with Gasteiger partial charge in [0.25, 0.3) is 0 Å². The first-order chi connectivity index (χ1) is 9.13. The molecule has 0 aromatic rings. The normalized spacial score (nSPS) is 26.9. The molecule has 6 heteroatoms. The lowest BCUT2D eigenvalue weighted by molar-refractivity contribution is -0.142. The summed E-state index contributed by atoms with van der Waals surface area (Å²) in [6.07, 6.45) is 2.40. The third-order valence-electron chi connectivity index (χ3n) is 4.21. The largest absolute Gasteiger partial charge is 0.342 e. The minimum atomic E-state index is 0. The van der Waals surface area contributed by atoms with Gasteiger partial charge in [0, 0.05) is 45.2 Å². The molecule has 2 aliphatic rings. The number of nitrogens with zero attached hydrogens (tertiary/aromatic N) is 2. The van der Waals surface area contributed by atoms with Crippen LogP contribution in [0, 0.1) is 5.92 Å². The number of amides is 2. The van der Waals surface area contributed by atoms with Crippen molar-refractivity contribution in [3.05, 3.63) is 0 Å². The molecule has 0 saturated carbocycles. The topological polar surface area (TPSA) is 52.7 Å². The van der Waals surface area contributed by atoms with Gasteiger partial charge in [-0.2, -0.15) is 0 Å². The molecule has 0 aromatic heterocycles. The molecule has 5 nitrogen and oxygen atoms in total. The van der Waals surface area contributed by atoms with Crippen molar-refractivity contribution in [2.24, 2.45) is 5.92 Å². The number of rotatable bonds is 2. The Morgan fingerprint density at radius 1 is 1.30 bits per heavy atom. The van der Waals surface area contributed by atoms with Crippen molar-refractivity contribution >= 4 is 24.2 Å². The standard InChI is InChI=1S/C14H25N3O2.ClH/c1-3-13(18)16-7-4-5-12(10-16)14(19)17-8-6-15-9-11(17)2;/h11-12,15H,3-10H2,1-2H3;1H/t11-,12?;/m0./s1. The Kier molecular flexibility index (Phi) is 6.76. The Morgan fingerprint density at radius 2 is 2.05 bits per heavy atom. The lowest BCUT2D eigenvalue weighted by Gasteiger charge is -2.39. The lowest BCUT2D eigenvalue weighted by Crippen LogP contribution is -2.55. The number of nitrogens with one attached hydrogen (secondary N) is 1. The van der Waals surface area contributed by atoms with Crippen LogP contribution in [0.5, 0.6) is 0 Å². The molecule has 0 radical (unpaired) electrons. The predicted octanol–water partition coefficient (Wildman–Crippen LogP) is 0.877. The first-order valence-electron chi connectivity index (χ1n) is 7.42. The number of hydrogen-bond donors (Lipinski definition) is 1. The van der Waals surface area contributed by atoms with Crippen LogP contribution in [-0.2, 0) is 9.59 Å². The van der Waals surface area contributed by atoms with E-state index in [9.17, 15) is 9.59 Å². The van der Waals surface area contributed by atoms with Gasteiger partial charge in [-0.05, 0) is 19.8 Å². The quantitative estimate of drug-likeness (QED) is 0.824. The summed E-state index contributed by atoms with van der Waals surface area (Å²) in [4.78, 5) is 28.2. The Morgan fingerprint density at radius 3 is 2.70 bits per heavy atom. The summed E-state index contributed by atoms with van der Waals surface area (Å²) in [6.45, 7) is 7.93. The van der Waals surface area contributed by atoms with Crippen LogP contribution in [0.15, 0.2) is 0 Å². The Labute approximate surface area is 127 Å². The molecule has 0 aromatic carbocycles. The van der Waals surface area contributed by atoms with Gasteiger partial charge in [-0.15, -0.1) is 12.4 Å². The Bertz CT molecular complexity index is 351. The molecule has 1 N–H and O–H groups in total. The van der Waals surface area contributed by atoms with Gasteiger partial charge in [-0.25, -0.2) is 0 Å². The smallest absolute Gasteiger partial charge is 0.227 e. The third kappa shape index (κ3) is 3.85. The van der Waals surface area contributed by atoms with Gasteiger partial charge in [0.2, 0.25) is 11.8 Å². The second kappa shape index (κ2) is 7.84. The molecule has 2 aliphatic heterocycles. The average molecular weight is 304 g/mol. The van der Waals surface area contributed by atoms with Gasteiger partial charge in [0.15, 0.2) is 0 Å². The van der Waals surface area contributed by atoms with Gasteiger partial charge in [-0.3, -0.25) is 9.59 Å². The summed E-state index contributed by atoms with van der Waals surface area (Å²) in [6, 6.07) is 0.263. The number of halogens is 1. The van der Waals surface area contributed by atoms with Crippen molar-refractivity contribution < 1.29 is 9.59 Å². The van der Waals surface area contributed by atoms with Gasteiger partial charge in [-0.1, -0.05) is 6.92 Å². The maximum absolute atomic E-state index is 12.6. The van der Waals surface area contributed by atoms with Gasteiger partial charge >= 0.3 is 0 Å². The third-order valence-corrected chi connectivity index (χ3v) is 4.21. The van der Waals surface area contributed by atoms with Crippen LogP contribution in [0.25, 0.3) is 0 Å². The molecular formula is C14H26ClN3O2. The molecule has 0 spiro atoms. The molecule has 2 amide bonds. The van der Waals surface area contributed by atoms with E-state index in [-0.39, 0.29) is 36.2 Å². The van der Waals surface area contributed by atoms with Crippen molar-refractivity contribution in [3.63, 3.8) is 0 Å². The average Bonchev–Trinajstić information content (AvgIpc) is 2.46. The molecule has 2 atom stereocenters. The molecule has 0 aliphatic carbocycles. The van der Waals surface area contributed by atoms with Crippen LogP contribution in [0.4, 0.5) is 0 Å². The maximum Gasteiger partial charge on any atom is 0.227 e. The van der Waals surface area contributed by atoms with E-state index < -0.39 is 0 Å². The molecule has 2 fully saturated rings. The number of piperidine rings is 1. The maximum atomic E-state index is 12.6. The summed E-state index contributed by atoms with van der Waals surface area (Å²) in [5.41, 5.74) is 0. The highest BCUT2D eigenvalue weighted by molar-refractivity contribution is 5.85. The monoisotopic (exact) mass is 303 g/mol. The zero-order valence-corrected chi connectivity index (χ0v) is 13.2. The summed E-state index contributed by atoms with van der Waals surface area (Å²) >= 11 is 0. The SMILES string of the molecule is CCC(=O)N1CCCC(C(=O)N2CCNC[C@@H]2C)C1.Cl. The van der Waals surface area contributed by atoms with Crippen molar-refractivity contribution in [1.29, 1.82) is 0 Å². The van der Waals surface area contributed by atoms with Crippen LogP contribution in [0.1, 0.15) is 33.1 Å². The molecule has 2 rings (SSSR count). The van der Waals surface area contributed by atoms with Crippen molar-refractivity contribution in [3.8, 4) is 0 Å². The number of piperazine rings is 1. The van der Waals surface area contributed by atoms with Crippen molar-refractivity contribution in [1.82, 2.24) is 15.1 Å². The summed E-state index contributed by atoms with van der Waals surface area (Å²) in [5, 5.41) is 3.30. The highest BCUT2D eigenvalue weighted by atomic mass is 35.5. The van der Waals surface area contributed by atoms with Crippen LogP contribution >= 0.6 is 12.4 Å². The first-order valence-corrected chi connectivity index (χ1v) is 7.42. The van der Waals surface area contributed by atoms with Crippen LogP contribution in [-0.4, -0.2) is 60.4 Å². The van der Waals surface area contributed by atoms with Crippen LogP contribution in [0.2, 0.25) is 0 Å². The van der Waals surface area contributed by atoms with E-state index in [0.29, 0.717) is 13.0 Å². The van der Waals surface area contributed by atoms with Crippen LogP contribution < -0.4 is 5.32 Å². The molecule has 2 saturated heterocycles. The highest BCUT2D eigenvalue weighted by Crippen LogP contribution is 2.21. The van der Waals surface area contributed by atoms with E-state index >= 15 is 0 Å². The van der Waals surface area contributed by atoms with Gasteiger partial charge < -0.3 is 15.1 Å². The number of carbonyl (C=O) groups is 2. The van der Waals surface area contributed by atoms with E-state index in [1.54, 1.807) is 0 Å². The van der Waals surface area contributed by atoms with E-state index in [0.717, 1.165) is 39.0 Å². The van der Waals surface area contributed by atoms with E-state index in [4.69, 9.17) is 0 Å². The van der Waals surface area contributed by atoms with E-state index in [1.807, 2.05) is 16.7 Å². The molecule has 0 bridgehead atoms. The molecule has 1 unspecified atom stereocenters. The van der Waals surface area contributed by atoms with Crippen molar-refractivity contribution in [2.45, 2.75) is 39.2 Å². The highest BCUT2D eigenvalue weighted by Gasteiger charge is 2.33. The molecular weight excluding hydrogens is 278 g/mol. The lowest BCUT2D eigenvalue weighted by atomic mass is 9.95. The zero-order valence-electron chi connectivity index (χ0n) is 12.4. The fourth-order valence-electron chi connectivity index (χ4n) is 3.03. The van der Waals surface area contributed by atoms with Crippen LogP contribution in [0.3, 0.4) is 0 Å². The van der Waals surface area contributed by atoms with Gasteiger partial charge in [0.1, 0.15) is 0 Å². The zero-order chi connectivity index (χ0) is 13.8. The Balaban J connectivity index is 0.00000200. The van der Waals surface area contributed by atoms with E-state index in [1.165, 1.54) is 0 Å².